The Labute approximate surface area is 139 Å². The first kappa shape index (κ1) is 13.6. The zero-order valence-electron chi connectivity index (χ0n) is 13.3. The van der Waals surface area contributed by atoms with Crippen LogP contribution in [0.5, 0.6) is 0 Å². The largest absolute Gasteiger partial charge is 0.423 e. The van der Waals surface area contributed by atoms with Crippen molar-refractivity contribution in [3.05, 3.63) is 54.4 Å². The molecule has 5 heteroatoms. The highest BCUT2D eigenvalue weighted by Gasteiger charge is 2.25. The van der Waals surface area contributed by atoms with E-state index in [0.717, 1.165) is 59.9 Å². The molecule has 1 saturated heterocycles. The molecule has 0 amide bonds. The standard InChI is InChI=1S/C19H18N4O/c1-2-6-15-14(5-1)20-18(21-15)13-9-11-23(12-10-13)19-22-16-7-3-4-8-17(16)24-19/h1-8,13H,9-12H2,(H,20,21). The highest BCUT2D eigenvalue weighted by Crippen LogP contribution is 2.31. The van der Waals surface area contributed by atoms with E-state index in [2.05, 4.69) is 27.0 Å². The van der Waals surface area contributed by atoms with Crippen LogP contribution in [-0.2, 0) is 0 Å². The van der Waals surface area contributed by atoms with E-state index in [1.165, 1.54) is 0 Å². The van der Waals surface area contributed by atoms with Gasteiger partial charge in [-0.25, -0.2) is 4.98 Å². The Bertz CT molecular complexity index is 847. The van der Waals surface area contributed by atoms with Crippen LogP contribution in [0.3, 0.4) is 0 Å². The molecule has 2 aromatic heterocycles. The van der Waals surface area contributed by atoms with E-state index in [4.69, 9.17) is 9.40 Å². The van der Waals surface area contributed by atoms with Crippen LogP contribution in [0, 0.1) is 0 Å². The Balaban J connectivity index is 1.34. The van der Waals surface area contributed by atoms with Crippen molar-refractivity contribution in [3.63, 3.8) is 0 Å². The van der Waals surface area contributed by atoms with Crippen molar-refractivity contribution in [1.29, 1.82) is 0 Å². The Morgan fingerprint density at radius 1 is 0.917 bits per heavy atom. The number of imidazole rings is 1. The van der Waals surface area contributed by atoms with Gasteiger partial charge in [0.15, 0.2) is 5.58 Å². The number of para-hydroxylation sites is 4. The average Bonchev–Trinajstić information content (AvgIpc) is 3.25. The summed E-state index contributed by atoms with van der Waals surface area (Å²) in [6, 6.07) is 16.9. The minimum absolute atomic E-state index is 0.470. The molecule has 120 valence electrons. The fourth-order valence-corrected chi connectivity index (χ4v) is 3.51. The molecule has 0 aliphatic carbocycles. The predicted molar refractivity (Wildman–Crippen MR) is 94.3 cm³/mol. The molecule has 3 heterocycles. The van der Waals surface area contributed by atoms with E-state index < -0.39 is 0 Å². The molecule has 5 nitrogen and oxygen atoms in total. The molecule has 24 heavy (non-hydrogen) atoms. The molecule has 5 rings (SSSR count). The van der Waals surface area contributed by atoms with Gasteiger partial charge in [-0.05, 0) is 37.1 Å². The molecular weight excluding hydrogens is 300 g/mol. The number of nitrogens with zero attached hydrogens (tertiary/aromatic N) is 3. The third-order valence-electron chi connectivity index (χ3n) is 4.84. The van der Waals surface area contributed by atoms with E-state index in [1.54, 1.807) is 0 Å². The lowest BCUT2D eigenvalue weighted by atomic mass is 9.96. The van der Waals surface area contributed by atoms with E-state index in [-0.39, 0.29) is 0 Å². The van der Waals surface area contributed by atoms with Gasteiger partial charge in [-0.2, -0.15) is 4.98 Å². The fourth-order valence-electron chi connectivity index (χ4n) is 3.51. The van der Waals surface area contributed by atoms with Gasteiger partial charge in [0.2, 0.25) is 0 Å². The van der Waals surface area contributed by atoms with Gasteiger partial charge >= 0.3 is 0 Å². The number of rotatable bonds is 2. The van der Waals surface area contributed by atoms with Crippen molar-refractivity contribution in [1.82, 2.24) is 15.0 Å². The topological polar surface area (TPSA) is 58.0 Å². The van der Waals surface area contributed by atoms with Crippen LogP contribution in [0.1, 0.15) is 24.6 Å². The summed E-state index contributed by atoms with van der Waals surface area (Å²) in [7, 11) is 0. The van der Waals surface area contributed by atoms with Gasteiger partial charge < -0.3 is 14.3 Å². The van der Waals surface area contributed by atoms with Gasteiger partial charge in [0.25, 0.3) is 6.01 Å². The smallest absolute Gasteiger partial charge is 0.298 e. The summed E-state index contributed by atoms with van der Waals surface area (Å²) in [5.41, 5.74) is 3.95. The summed E-state index contributed by atoms with van der Waals surface area (Å²) in [5.74, 6) is 1.58. The first-order chi connectivity index (χ1) is 11.9. The summed E-state index contributed by atoms with van der Waals surface area (Å²) >= 11 is 0. The van der Waals surface area contributed by atoms with E-state index >= 15 is 0 Å². The molecule has 4 aromatic rings. The van der Waals surface area contributed by atoms with Crippen molar-refractivity contribution in [3.8, 4) is 0 Å². The number of aromatic nitrogens is 3. The molecule has 1 aliphatic rings. The van der Waals surface area contributed by atoms with Gasteiger partial charge in [0, 0.05) is 19.0 Å². The molecule has 0 atom stereocenters. The van der Waals surface area contributed by atoms with Crippen LogP contribution in [0.25, 0.3) is 22.1 Å². The van der Waals surface area contributed by atoms with Crippen LogP contribution < -0.4 is 4.90 Å². The maximum Gasteiger partial charge on any atom is 0.298 e. The first-order valence-corrected chi connectivity index (χ1v) is 8.42. The Morgan fingerprint density at radius 3 is 2.46 bits per heavy atom. The molecule has 1 N–H and O–H groups in total. The minimum Gasteiger partial charge on any atom is -0.423 e. The van der Waals surface area contributed by atoms with Crippen molar-refractivity contribution in [2.75, 3.05) is 18.0 Å². The second-order valence-electron chi connectivity index (χ2n) is 6.36. The van der Waals surface area contributed by atoms with Crippen molar-refractivity contribution in [2.24, 2.45) is 0 Å². The highest BCUT2D eigenvalue weighted by atomic mass is 16.4. The molecule has 0 saturated carbocycles. The summed E-state index contributed by atoms with van der Waals surface area (Å²) in [6.45, 7) is 1.88. The maximum atomic E-state index is 5.89. The van der Waals surface area contributed by atoms with Gasteiger partial charge in [0.05, 0.1) is 11.0 Å². The zero-order valence-corrected chi connectivity index (χ0v) is 13.3. The van der Waals surface area contributed by atoms with Gasteiger partial charge in [0.1, 0.15) is 11.3 Å². The van der Waals surface area contributed by atoms with Crippen LogP contribution >= 0.6 is 0 Å². The summed E-state index contributed by atoms with van der Waals surface area (Å²) in [4.78, 5) is 15.1. The lowest BCUT2D eigenvalue weighted by Crippen LogP contribution is -2.33. The quantitative estimate of drug-likeness (QED) is 0.605. The lowest BCUT2D eigenvalue weighted by molar-refractivity contribution is 0.457. The molecule has 0 bridgehead atoms. The molecular formula is C19H18N4O. The SMILES string of the molecule is c1ccc2[nH]c(C3CCN(c4nc5ccccc5o4)CC3)nc2c1. The zero-order chi connectivity index (χ0) is 15.9. The number of aromatic amines is 1. The van der Waals surface area contributed by atoms with Crippen molar-refractivity contribution in [2.45, 2.75) is 18.8 Å². The second-order valence-corrected chi connectivity index (χ2v) is 6.36. The third-order valence-corrected chi connectivity index (χ3v) is 4.84. The molecule has 0 spiro atoms. The number of fused-ring (bicyclic) bond motifs is 2. The molecule has 2 aromatic carbocycles. The van der Waals surface area contributed by atoms with Gasteiger partial charge in [-0.1, -0.05) is 24.3 Å². The molecule has 1 fully saturated rings. The van der Waals surface area contributed by atoms with E-state index in [9.17, 15) is 0 Å². The number of hydrogen-bond acceptors (Lipinski definition) is 4. The Hall–Kier alpha value is -2.82. The van der Waals surface area contributed by atoms with Crippen molar-refractivity contribution < 1.29 is 4.42 Å². The molecule has 0 unspecified atom stereocenters. The monoisotopic (exact) mass is 318 g/mol. The summed E-state index contributed by atoms with van der Waals surface area (Å²) in [6.07, 6.45) is 2.11. The number of hydrogen-bond donors (Lipinski definition) is 1. The van der Waals surface area contributed by atoms with Crippen LogP contribution in [-0.4, -0.2) is 28.0 Å². The van der Waals surface area contributed by atoms with Gasteiger partial charge in [-0.15, -0.1) is 0 Å². The van der Waals surface area contributed by atoms with Crippen LogP contribution in [0.15, 0.2) is 52.9 Å². The van der Waals surface area contributed by atoms with Gasteiger partial charge in [-0.3, -0.25) is 0 Å². The number of anilines is 1. The van der Waals surface area contributed by atoms with E-state index in [1.807, 2.05) is 36.4 Å². The number of oxazole rings is 1. The average molecular weight is 318 g/mol. The predicted octanol–water partition coefficient (Wildman–Crippen LogP) is 4.09. The third kappa shape index (κ3) is 2.24. The minimum atomic E-state index is 0.470. The Morgan fingerprint density at radius 2 is 1.67 bits per heavy atom. The van der Waals surface area contributed by atoms with Crippen molar-refractivity contribution >= 4 is 28.1 Å². The normalized spacial score (nSPS) is 16.2. The summed E-state index contributed by atoms with van der Waals surface area (Å²) in [5, 5.41) is 0. The second kappa shape index (κ2) is 5.37. The summed E-state index contributed by atoms with van der Waals surface area (Å²) < 4.78 is 5.89. The highest BCUT2D eigenvalue weighted by molar-refractivity contribution is 5.75. The molecule has 0 radical (unpaired) electrons. The number of piperidine rings is 1. The van der Waals surface area contributed by atoms with E-state index in [0.29, 0.717) is 5.92 Å². The van der Waals surface area contributed by atoms with Crippen LogP contribution in [0.4, 0.5) is 6.01 Å². The first-order valence-electron chi connectivity index (χ1n) is 8.42. The lowest BCUT2D eigenvalue weighted by Gasteiger charge is -2.29. The number of H-pyrrole nitrogens is 1. The molecule has 1 aliphatic heterocycles. The fraction of sp³-hybridized carbons (Fsp3) is 0.263. The number of benzene rings is 2. The maximum absolute atomic E-state index is 5.89. The Kier molecular flexibility index (Phi) is 3.04. The number of nitrogens with one attached hydrogen (secondary N) is 1. The van der Waals surface area contributed by atoms with Crippen LogP contribution in [0.2, 0.25) is 0 Å².